The maximum absolute atomic E-state index is 11.8. The van der Waals surface area contributed by atoms with Gasteiger partial charge in [0.2, 0.25) is 11.8 Å². The van der Waals surface area contributed by atoms with Gasteiger partial charge in [0.25, 0.3) is 0 Å². The molecule has 6 nitrogen and oxygen atoms in total. The van der Waals surface area contributed by atoms with Gasteiger partial charge in [-0.3, -0.25) is 14.4 Å². The van der Waals surface area contributed by atoms with E-state index in [1.165, 1.54) is 29.6 Å². The molecule has 0 saturated heterocycles. The summed E-state index contributed by atoms with van der Waals surface area (Å²) < 4.78 is 0. The van der Waals surface area contributed by atoms with Gasteiger partial charge in [-0.05, 0) is 23.9 Å². The van der Waals surface area contributed by atoms with Gasteiger partial charge in [-0.1, -0.05) is 0 Å². The van der Waals surface area contributed by atoms with Crippen molar-refractivity contribution in [1.82, 2.24) is 10.3 Å². The first-order chi connectivity index (χ1) is 10.5. The molecule has 2 amide bonds. The van der Waals surface area contributed by atoms with Crippen LogP contribution >= 0.6 is 22.7 Å². The number of nitrogens with one attached hydrogen (secondary N) is 2. The van der Waals surface area contributed by atoms with Crippen molar-refractivity contribution in [1.29, 1.82) is 0 Å². The number of nitrogens with zero attached hydrogens (tertiary/aromatic N) is 1. The molecule has 0 saturated carbocycles. The van der Waals surface area contributed by atoms with Crippen molar-refractivity contribution < 1.29 is 14.4 Å². The zero-order valence-electron chi connectivity index (χ0n) is 11.9. The van der Waals surface area contributed by atoms with Crippen molar-refractivity contribution in [2.45, 2.75) is 19.8 Å². The van der Waals surface area contributed by atoms with Crippen molar-refractivity contribution in [2.75, 3.05) is 11.9 Å². The number of anilines is 1. The highest BCUT2D eigenvalue weighted by atomic mass is 32.1. The molecule has 0 unspecified atom stereocenters. The second-order valence-electron chi connectivity index (χ2n) is 4.54. The van der Waals surface area contributed by atoms with Crippen LogP contribution in [0.15, 0.2) is 23.0 Å². The van der Waals surface area contributed by atoms with E-state index in [1.807, 2.05) is 0 Å². The Hall–Kier alpha value is -2.06. The molecule has 22 heavy (non-hydrogen) atoms. The van der Waals surface area contributed by atoms with Gasteiger partial charge in [-0.25, -0.2) is 4.98 Å². The highest BCUT2D eigenvalue weighted by Crippen LogP contribution is 2.15. The standard InChI is InChI=1S/C14H15N3O3S2/c1-9(18)11-6-10(8-22-11)7-13(20)15-3-2-12(19)17-14-16-4-5-21-14/h4-6,8H,2-3,7H2,1H3,(H,15,20)(H,16,17,19). The van der Waals surface area contributed by atoms with Gasteiger partial charge < -0.3 is 10.6 Å². The van der Waals surface area contributed by atoms with E-state index in [0.29, 0.717) is 10.0 Å². The first kappa shape index (κ1) is 16.3. The lowest BCUT2D eigenvalue weighted by molar-refractivity contribution is -0.120. The second kappa shape index (κ2) is 7.81. The van der Waals surface area contributed by atoms with E-state index in [-0.39, 0.29) is 37.0 Å². The molecule has 2 aromatic heterocycles. The Balaban J connectivity index is 1.69. The molecule has 0 fully saturated rings. The van der Waals surface area contributed by atoms with Crippen LogP contribution in [0.1, 0.15) is 28.6 Å². The van der Waals surface area contributed by atoms with Crippen molar-refractivity contribution in [3.63, 3.8) is 0 Å². The lowest BCUT2D eigenvalue weighted by Gasteiger charge is -2.04. The number of thiazole rings is 1. The van der Waals surface area contributed by atoms with Gasteiger partial charge in [0, 0.05) is 24.5 Å². The summed E-state index contributed by atoms with van der Waals surface area (Å²) in [5, 5.41) is 9.44. The van der Waals surface area contributed by atoms with Crippen LogP contribution in [0.25, 0.3) is 0 Å². The van der Waals surface area contributed by atoms with Gasteiger partial charge >= 0.3 is 0 Å². The Morgan fingerprint density at radius 1 is 1.23 bits per heavy atom. The van der Waals surface area contributed by atoms with Crippen LogP contribution in [0.5, 0.6) is 0 Å². The monoisotopic (exact) mass is 337 g/mol. The summed E-state index contributed by atoms with van der Waals surface area (Å²) in [4.78, 5) is 39.1. The summed E-state index contributed by atoms with van der Waals surface area (Å²) in [6.07, 6.45) is 2.00. The number of rotatable bonds is 7. The summed E-state index contributed by atoms with van der Waals surface area (Å²) >= 11 is 2.67. The van der Waals surface area contributed by atoms with Gasteiger partial charge in [-0.15, -0.1) is 22.7 Å². The molecule has 2 aromatic rings. The molecular weight excluding hydrogens is 322 g/mol. The fourth-order valence-corrected chi connectivity index (χ4v) is 3.04. The lowest BCUT2D eigenvalue weighted by atomic mass is 10.2. The second-order valence-corrected chi connectivity index (χ2v) is 6.34. The third kappa shape index (κ3) is 5.05. The van der Waals surface area contributed by atoms with Crippen molar-refractivity contribution in [3.05, 3.63) is 33.5 Å². The minimum absolute atomic E-state index is 0.00415. The molecule has 116 valence electrons. The van der Waals surface area contributed by atoms with Crippen LogP contribution in [0.2, 0.25) is 0 Å². The Labute approximate surface area is 135 Å². The van der Waals surface area contributed by atoms with Crippen molar-refractivity contribution >= 4 is 45.4 Å². The predicted octanol–water partition coefficient (Wildman–Crippen LogP) is 2.09. The van der Waals surface area contributed by atoms with Gasteiger partial charge in [-0.2, -0.15) is 0 Å². The van der Waals surface area contributed by atoms with E-state index < -0.39 is 0 Å². The number of aromatic nitrogens is 1. The highest BCUT2D eigenvalue weighted by Gasteiger charge is 2.09. The van der Waals surface area contributed by atoms with E-state index in [0.717, 1.165) is 5.56 Å². The van der Waals surface area contributed by atoms with Crippen LogP contribution in [-0.2, 0) is 16.0 Å². The molecule has 0 atom stereocenters. The number of Topliss-reactive ketones (excluding diaryl/α,β-unsaturated/α-hetero) is 1. The van der Waals surface area contributed by atoms with E-state index in [9.17, 15) is 14.4 Å². The van der Waals surface area contributed by atoms with Crippen LogP contribution in [-0.4, -0.2) is 29.1 Å². The summed E-state index contributed by atoms with van der Waals surface area (Å²) in [6, 6.07) is 1.72. The molecule has 0 aromatic carbocycles. The summed E-state index contributed by atoms with van der Waals surface area (Å²) in [7, 11) is 0. The van der Waals surface area contributed by atoms with Crippen LogP contribution in [0, 0.1) is 0 Å². The first-order valence-corrected chi connectivity index (χ1v) is 8.35. The number of hydrogen-bond acceptors (Lipinski definition) is 6. The number of ketones is 1. The zero-order valence-corrected chi connectivity index (χ0v) is 13.6. The summed E-state index contributed by atoms with van der Waals surface area (Å²) in [6.45, 7) is 1.76. The molecular formula is C14H15N3O3S2. The maximum atomic E-state index is 11.8. The van der Waals surface area contributed by atoms with E-state index >= 15 is 0 Å². The van der Waals surface area contributed by atoms with Gasteiger partial charge in [0.05, 0.1) is 11.3 Å². The van der Waals surface area contributed by atoms with E-state index in [2.05, 4.69) is 15.6 Å². The quantitative estimate of drug-likeness (QED) is 0.757. The van der Waals surface area contributed by atoms with Crippen LogP contribution < -0.4 is 10.6 Å². The number of hydrogen-bond donors (Lipinski definition) is 2. The third-order valence-electron chi connectivity index (χ3n) is 2.72. The molecule has 0 bridgehead atoms. The fraction of sp³-hybridized carbons (Fsp3) is 0.286. The number of amides is 2. The average molecular weight is 337 g/mol. The molecule has 2 heterocycles. The molecule has 0 aliphatic rings. The van der Waals surface area contributed by atoms with Crippen LogP contribution in [0.3, 0.4) is 0 Å². The Kier molecular flexibility index (Phi) is 5.79. The Morgan fingerprint density at radius 3 is 2.68 bits per heavy atom. The molecule has 2 rings (SSSR count). The minimum Gasteiger partial charge on any atom is -0.355 e. The van der Waals surface area contributed by atoms with Crippen molar-refractivity contribution in [3.8, 4) is 0 Å². The largest absolute Gasteiger partial charge is 0.355 e. The number of carbonyl (C=O) groups is 3. The molecule has 8 heteroatoms. The molecule has 0 aliphatic heterocycles. The molecule has 0 aliphatic carbocycles. The Morgan fingerprint density at radius 2 is 2.05 bits per heavy atom. The van der Waals surface area contributed by atoms with Crippen molar-refractivity contribution in [2.24, 2.45) is 0 Å². The zero-order chi connectivity index (χ0) is 15.9. The first-order valence-electron chi connectivity index (χ1n) is 6.59. The number of thiophene rings is 1. The highest BCUT2D eigenvalue weighted by molar-refractivity contribution is 7.13. The van der Waals surface area contributed by atoms with E-state index in [1.54, 1.807) is 23.0 Å². The Bertz CT molecular complexity index is 665. The normalized spacial score (nSPS) is 10.2. The fourth-order valence-electron chi connectivity index (χ4n) is 1.68. The van der Waals surface area contributed by atoms with E-state index in [4.69, 9.17) is 0 Å². The SMILES string of the molecule is CC(=O)c1cc(CC(=O)NCCC(=O)Nc2nccs2)cs1. The summed E-state index contributed by atoms with van der Waals surface area (Å²) in [5.74, 6) is -0.366. The molecule has 0 spiro atoms. The lowest BCUT2D eigenvalue weighted by Crippen LogP contribution is -2.28. The topological polar surface area (TPSA) is 88.2 Å². The molecule has 0 radical (unpaired) electrons. The average Bonchev–Trinajstić information content (AvgIpc) is 3.10. The smallest absolute Gasteiger partial charge is 0.227 e. The maximum Gasteiger partial charge on any atom is 0.227 e. The summed E-state index contributed by atoms with van der Waals surface area (Å²) in [5.41, 5.74) is 0.805. The van der Waals surface area contributed by atoms with Gasteiger partial charge in [0.1, 0.15) is 0 Å². The number of carbonyl (C=O) groups excluding carboxylic acids is 3. The van der Waals surface area contributed by atoms with Crippen LogP contribution in [0.4, 0.5) is 5.13 Å². The minimum atomic E-state index is -0.190. The molecule has 2 N–H and O–H groups in total. The third-order valence-corrected chi connectivity index (χ3v) is 4.49. The predicted molar refractivity (Wildman–Crippen MR) is 86.4 cm³/mol. The van der Waals surface area contributed by atoms with Gasteiger partial charge in [0.15, 0.2) is 10.9 Å².